The first-order chi connectivity index (χ1) is 12.6. The van der Waals surface area contributed by atoms with Crippen molar-refractivity contribution in [2.75, 3.05) is 25.6 Å². The Balaban J connectivity index is 2.47. The SMILES string of the molecule is CCOc1c(C(=O)NO)c(-c2ccccc2)nc2cccc(N(C)C)c12. The van der Waals surface area contributed by atoms with Crippen LogP contribution in [0.2, 0.25) is 0 Å². The molecule has 0 saturated carbocycles. The predicted octanol–water partition coefficient (Wildman–Crippen LogP) is 3.49. The molecule has 0 radical (unpaired) electrons. The number of ether oxygens (including phenoxy) is 1. The van der Waals surface area contributed by atoms with Crippen molar-refractivity contribution in [3.8, 4) is 17.0 Å². The van der Waals surface area contributed by atoms with Crippen LogP contribution >= 0.6 is 0 Å². The third kappa shape index (κ3) is 3.07. The minimum Gasteiger partial charge on any atom is -0.492 e. The van der Waals surface area contributed by atoms with Crippen molar-refractivity contribution in [3.63, 3.8) is 0 Å². The van der Waals surface area contributed by atoms with Gasteiger partial charge in [-0.05, 0) is 19.1 Å². The number of fused-ring (bicyclic) bond motifs is 1. The first-order valence-electron chi connectivity index (χ1n) is 8.35. The number of hydroxylamine groups is 1. The molecule has 0 saturated heterocycles. The zero-order valence-corrected chi connectivity index (χ0v) is 15.0. The van der Waals surface area contributed by atoms with Crippen LogP contribution in [0.3, 0.4) is 0 Å². The van der Waals surface area contributed by atoms with Crippen LogP contribution in [0.4, 0.5) is 5.69 Å². The Morgan fingerprint density at radius 2 is 1.88 bits per heavy atom. The summed E-state index contributed by atoms with van der Waals surface area (Å²) >= 11 is 0. The lowest BCUT2D eigenvalue weighted by Crippen LogP contribution is -2.22. The van der Waals surface area contributed by atoms with Crippen LogP contribution in [-0.2, 0) is 0 Å². The number of carbonyl (C=O) groups excluding carboxylic acids is 1. The Morgan fingerprint density at radius 3 is 2.50 bits per heavy atom. The Morgan fingerprint density at radius 1 is 1.15 bits per heavy atom. The number of amides is 1. The minimum atomic E-state index is -0.657. The summed E-state index contributed by atoms with van der Waals surface area (Å²) in [5, 5.41) is 10.0. The Labute approximate surface area is 152 Å². The number of nitrogens with zero attached hydrogens (tertiary/aromatic N) is 2. The standard InChI is InChI=1S/C20H21N3O3/c1-4-26-19-16-14(11-8-12-15(16)23(2)3)21-18(17(19)20(24)22-25)13-9-6-5-7-10-13/h5-12,25H,4H2,1-3H3,(H,22,24). The van der Waals surface area contributed by atoms with E-state index in [1.165, 1.54) is 0 Å². The molecule has 0 fully saturated rings. The fourth-order valence-corrected chi connectivity index (χ4v) is 3.00. The molecule has 1 heterocycles. The first-order valence-corrected chi connectivity index (χ1v) is 8.35. The summed E-state index contributed by atoms with van der Waals surface area (Å²) in [6.45, 7) is 2.23. The lowest BCUT2D eigenvalue weighted by molar-refractivity contribution is 0.0703. The van der Waals surface area contributed by atoms with Gasteiger partial charge in [-0.3, -0.25) is 10.0 Å². The average Bonchev–Trinajstić information content (AvgIpc) is 2.67. The Hall–Kier alpha value is -3.12. The fourth-order valence-electron chi connectivity index (χ4n) is 3.00. The van der Waals surface area contributed by atoms with Gasteiger partial charge in [0.1, 0.15) is 11.3 Å². The highest BCUT2D eigenvalue weighted by atomic mass is 16.5. The van der Waals surface area contributed by atoms with Gasteiger partial charge in [-0.15, -0.1) is 0 Å². The summed E-state index contributed by atoms with van der Waals surface area (Å²) in [6, 6.07) is 15.1. The molecule has 0 aliphatic heterocycles. The Bertz CT molecular complexity index is 940. The van der Waals surface area contributed by atoms with Crippen LogP contribution in [0.15, 0.2) is 48.5 Å². The van der Waals surface area contributed by atoms with Crippen molar-refractivity contribution >= 4 is 22.5 Å². The first kappa shape index (κ1) is 17.7. The lowest BCUT2D eigenvalue weighted by Gasteiger charge is -2.21. The molecule has 0 unspecified atom stereocenters. The molecule has 6 nitrogen and oxygen atoms in total. The van der Waals surface area contributed by atoms with Gasteiger partial charge in [-0.2, -0.15) is 0 Å². The maximum absolute atomic E-state index is 12.5. The number of rotatable bonds is 5. The molecule has 2 aromatic carbocycles. The van der Waals surface area contributed by atoms with Crippen LogP contribution in [0.1, 0.15) is 17.3 Å². The van der Waals surface area contributed by atoms with E-state index in [1.54, 1.807) is 5.48 Å². The molecule has 0 aliphatic rings. The van der Waals surface area contributed by atoms with Gasteiger partial charge in [0, 0.05) is 25.3 Å². The number of nitrogens with one attached hydrogen (secondary N) is 1. The predicted molar refractivity (Wildman–Crippen MR) is 102 cm³/mol. The molecule has 3 aromatic rings. The number of hydrogen-bond acceptors (Lipinski definition) is 5. The number of benzene rings is 2. The van der Waals surface area contributed by atoms with Gasteiger partial charge in [-0.25, -0.2) is 10.5 Å². The highest BCUT2D eigenvalue weighted by Gasteiger charge is 2.25. The number of anilines is 1. The van der Waals surface area contributed by atoms with Gasteiger partial charge in [0.05, 0.1) is 23.2 Å². The minimum absolute atomic E-state index is 0.211. The summed E-state index contributed by atoms with van der Waals surface area (Å²) in [6.07, 6.45) is 0. The van der Waals surface area contributed by atoms with E-state index in [4.69, 9.17) is 9.72 Å². The van der Waals surface area contributed by atoms with E-state index in [9.17, 15) is 10.0 Å². The molecule has 0 atom stereocenters. The van der Waals surface area contributed by atoms with E-state index >= 15 is 0 Å². The van der Waals surface area contributed by atoms with Crippen molar-refractivity contribution in [2.45, 2.75) is 6.92 Å². The largest absolute Gasteiger partial charge is 0.492 e. The second kappa shape index (κ2) is 7.41. The molecule has 2 N–H and O–H groups in total. The lowest BCUT2D eigenvalue weighted by atomic mass is 10.00. The monoisotopic (exact) mass is 351 g/mol. The van der Waals surface area contributed by atoms with E-state index in [-0.39, 0.29) is 5.56 Å². The van der Waals surface area contributed by atoms with E-state index in [2.05, 4.69) is 0 Å². The average molecular weight is 351 g/mol. The van der Waals surface area contributed by atoms with Gasteiger partial charge >= 0.3 is 0 Å². The van der Waals surface area contributed by atoms with Crippen LogP contribution in [0.25, 0.3) is 22.2 Å². The van der Waals surface area contributed by atoms with Crippen molar-refractivity contribution < 1.29 is 14.7 Å². The van der Waals surface area contributed by atoms with Gasteiger partial charge in [-0.1, -0.05) is 36.4 Å². The molecule has 0 bridgehead atoms. The van der Waals surface area contributed by atoms with Crippen LogP contribution < -0.4 is 15.1 Å². The van der Waals surface area contributed by atoms with Gasteiger partial charge in [0.2, 0.25) is 0 Å². The molecule has 1 amide bonds. The summed E-state index contributed by atoms with van der Waals surface area (Å²) in [5.74, 6) is -0.248. The molecule has 134 valence electrons. The zero-order valence-electron chi connectivity index (χ0n) is 15.0. The van der Waals surface area contributed by atoms with E-state index < -0.39 is 5.91 Å². The summed E-state index contributed by atoms with van der Waals surface area (Å²) in [5.41, 5.74) is 4.77. The highest BCUT2D eigenvalue weighted by molar-refractivity contribution is 6.10. The molecule has 0 aliphatic carbocycles. The second-order valence-corrected chi connectivity index (χ2v) is 5.97. The molecule has 6 heteroatoms. The molecule has 26 heavy (non-hydrogen) atoms. The third-order valence-electron chi connectivity index (χ3n) is 4.09. The number of aromatic nitrogens is 1. The highest BCUT2D eigenvalue weighted by Crippen LogP contribution is 2.40. The van der Waals surface area contributed by atoms with E-state index in [0.717, 1.165) is 16.6 Å². The van der Waals surface area contributed by atoms with Crippen LogP contribution in [0, 0.1) is 0 Å². The fraction of sp³-hybridized carbons (Fsp3) is 0.200. The number of carbonyl (C=O) groups is 1. The number of hydrogen-bond donors (Lipinski definition) is 2. The Kier molecular flexibility index (Phi) is 5.04. The summed E-state index contributed by atoms with van der Waals surface area (Å²) in [7, 11) is 3.84. The van der Waals surface area contributed by atoms with Crippen molar-refractivity contribution in [2.24, 2.45) is 0 Å². The molecular weight excluding hydrogens is 330 g/mol. The molecule has 0 spiro atoms. The van der Waals surface area contributed by atoms with Crippen LogP contribution in [0.5, 0.6) is 5.75 Å². The van der Waals surface area contributed by atoms with Gasteiger partial charge < -0.3 is 9.64 Å². The maximum atomic E-state index is 12.5. The van der Waals surface area contributed by atoms with Gasteiger partial charge in [0.25, 0.3) is 5.91 Å². The topological polar surface area (TPSA) is 74.7 Å². The normalized spacial score (nSPS) is 10.6. The van der Waals surface area contributed by atoms with Crippen molar-refractivity contribution in [1.82, 2.24) is 10.5 Å². The van der Waals surface area contributed by atoms with E-state index in [1.807, 2.05) is 74.4 Å². The molecule has 3 rings (SSSR count). The van der Waals surface area contributed by atoms with E-state index in [0.29, 0.717) is 23.6 Å². The van der Waals surface area contributed by atoms with Gasteiger partial charge in [0.15, 0.2) is 0 Å². The van der Waals surface area contributed by atoms with Crippen molar-refractivity contribution in [1.29, 1.82) is 0 Å². The third-order valence-corrected chi connectivity index (χ3v) is 4.09. The smallest absolute Gasteiger partial charge is 0.280 e. The van der Waals surface area contributed by atoms with Crippen LogP contribution in [-0.4, -0.2) is 36.8 Å². The zero-order chi connectivity index (χ0) is 18.7. The quantitative estimate of drug-likeness (QED) is 0.544. The molecular formula is C20H21N3O3. The summed E-state index contributed by atoms with van der Waals surface area (Å²) in [4.78, 5) is 19.2. The maximum Gasteiger partial charge on any atom is 0.280 e. The molecule has 1 aromatic heterocycles. The second-order valence-electron chi connectivity index (χ2n) is 5.97. The summed E-state index contributed by atoms with van der Waals surface area (Å²) < 4.78 is 5.89. The van der Waals surface area contributed by atoms with Crippen molar-refractivity contribution in [3.05, 3.63) is 54.1 Å². The number of pyridine rings is 1.